The first-order chi connectivity index (χ1) is 8.05. The van der Waals surface area contributed by atoms with E-state index in [9.17, 15) is 8.42 Å². The van der Waals surface area contributed by atoms with Gasteiger partial charge < -0.3 is 4.98 Å². The van der Waals surface area contributed by atoms with Gasteiger partial charge in [-0.25, -0.2) is 13.4 Å². The Bertz CT molecular complexity index is 673. The molecule has 3 rings (SSSR count). The number of rotatable bonds is 1. The molecule has 90 valence electrons. The van der Waals surface area contributed by atoms with Crippen LogP contribution in [0.2, 0.25) is 0 Å². The third-order valence-corrected chi connectivity index (χ3v) is 5.12. The average Bonchev–Trinajstić information content (AvgIpc) is 2.82. The fraction of sp³-hybridized carbons (Fsp3) is 0.417. The molecule has 1 atom stereocenters. The smallest absolute Gasteiger partial charge is 0.151 e. The van der Waals surface area contributed by atoms with E-state index < -0.39 is 9.84 Å². The quantitative estimate of drug-likeness (QED) is 0.839. The van der Waals surface area contributed by atoms with Crippen molar-refractivity contribution in [3.8, 4) is 0 Å². The van der Waals surface area contributed by atoms with Crippen molar-refractivity contribution in [1.29, 1.82) is 0 Å². The number of H-pyrrole nitrogens is 1. The first-order valence-electron chi connectivity index (χ1n) is 5.71. The van der Waals surface area contributed by atoms with Gasteiger partial charge in [-0.3, -0.25) is 0 Å². The Morgan fingerprint density at radius 3 is 2.88 bits per heavy atom. The third kappa shape index (κ3) is 1.84. The summed E-state index contributed by atoms with van der Waals surface area (Å²) in [5.41, 5.74) is 3.06. The second-order valence-electron chi connectivity index (χ2n) is 4.69. The van der Waals surface area contributed by atoms with Gasteiger partial charge in [-0.2, -0.15) is 0 Å². The highest BCUT2D eigenvalue weighted by atomic mass is 32.2. The first-order valence-corrected chi connectivity index (χ1v) is 7.53. The first kappa shape index (κ1) is 10.8. The lowest BCUT2D eigenvalue weighted by Gasteiger charge is -2.01. The number of benzene rings is 1. The molecule has 4 nitrogen and oxygen atoms in total. The molecule has 1 N–H and O–H groups in total. The van der Waals surface area contributed by atoms with Crippen molar-refractivity contribution < 1.29 is 8.42 Å². The van der Waals surface area contributed by atoms with E-state index in [2.05, 4.69) is 9.97 Å². The Morgan fingerprint density at radius 2 is 2.24 bits per heavy atom. The molecule has 1 aromatic heterocycles. The number of hydrogen-bond donors (Lipinski definition) is 1. The molecule has 1 aromatic carbocycles. The Hall–Kier alpha value is -1.36. The van der Waals surface area contributed by atoms with Crippen LogP contribution in [-0.4, -0.2) is 29.9 Å². The van der Waals surface area contributed by atoms with Crippen LogP contribution in [0.3, 0.4) is 0 Å². The summed E-state index contributed by atoms with van der Waals surface area (Å²) in [6.07, 6.45) is 0.682. The zero-order chi connectivity index (χ0) is 12.0. The van der Waals surface area contributed by atoms with Gasteiger partial charge in [0.2, 0.25) is 0 Å². The van der Waals surface area contributed by atoms with Crippen LogP contribution in [0.5, 0.6) is 0 Å². The van der Waals surface area contributed by atoms with Crippen molar-refractivity contribution in [2.75, 3.05) is 11.5 Å². The van der Waals surface area contributed by atoms with Crippen molar-refractivity contribution in [1.82, 2.24) is 9.97 Å². The zero-order valence-electron chi connectivity index (χ0n) is 9.60. The minimum absolute atomic E-state index is 0.0341. The second-order valence-corrected chi connectivity index (χ2v) is 6.92. The molecule has 1 fully saturated rings. The van der Waals surface area contributed by atoms with Gasteiger partial charge in [-0.15, -0.1) is 0 Å². The number of nitrogens with one attached hydrogen (secondary N) is 1. The van der Waals surface area contributed by atoms with Crippen LogP contribution in [0.4, 0.5) is 0 Å². The summed E-state index contributed by atoms with van der Waals surface area (Å²) in [6.45, 7) is 2.01. The summed E-state index contributed by atoms with van der Waals surface area (Å²) >= 11 is 0. The Kier molecular flexibility index (Phi) is 2.26. The molecule has 0 aliphatic carbocycles. The molecule has 0 spiro atoms. The van der Waals surface area contributed by atoms with Gasteiger partial charge in [0.15, 0.2) is 9.84 Å². The summed E-state index contributed by atoms with van der Waals surface area (Å²) in [5.74, 6) is 1.36. The zero-order valence-corrected chi connectivity index (χ0v) is 10.4. The Balaban J connectivity index is 2.05. The maximum absolute atomic E-state index is 11.5. The molecule has 0 saturated carbocycles. The van der Waals surface area contributed by atoms with Gasteiger partial charge in [0.05, 0.1) is 22.5 Å². The van der Waals surface area contributed by atoms with E-state index in [4.69, 9.17) is 0 Å². The molecule has 1 unspecified atom stereocenters. The monoisotopic (exact) mass is 250 g/mol. The molecule has 1 saturated heterocycles. The standard InChI is InChI=1S/C12H14N2O2S/c1-8-3-2-4-10-11(8)14-12(13-10)9-5-6-17(15,16)7-9/h2-4,9H,5-7H2,1H3,(H,13,14). The number of para-hydroxylation sites is 1. The molecule has 5 heteroatoms. The number of hydrogen-bond acceptors (Lipinski definition) is 3. The fourth-order valence-corrected chi connectivity index (χ4v) is 4.15. The largest absolute Gasteiger partial charge is 0.342 e. The van der Waals surface area contributed by atoms with Gasteiger partial charge in [0.25, 0.3) is 0 Å². The maximum atomic E-state index is 11.5. The summed E-state index contributed by atoms with van der Waals surface area (Å²) in [6, 6.07) is 5.96. The van der Waals surface area contributed by atoms with Crippen molar-refractivity contribution in [3.63, 3.8) is 0 Å². The normalized spacial score (nSPS) is 23.2. The highest BCUT2D eigenvalue weighted by Crippen LogP contribution is 2.28. The number of imidazole rings is 1. The topological polar surface area (TPSA) is 62.8 Å². The summed E-state index contributed by atoms with van der Waals surface area (Å²) in [7, 11) is -2.85. The van der Waals surface area contributed by atoms with Gasteiger partial charge in [0, 0.05) is 5.92 Å². The van der Waals surface area contributed by atoms with E-state index in [-0.39, 0.29) is 17.4 Å². The molecule has 1 aliphatic rings. The molecule has 0 radical (unpaired) electrons. The van der Waals surface area contributed by atoms with Crippen LogP contribution in [0.25, 0.3) is 11.0 Å². The number of aromatic nitrogens is 2. The summed E-state index contributed by atoms with van der Waals surface area (Å²) in [5, 5.41) is 0. The van der Waals surface area contributed by atoms with Crippen molar-refractivity contribution in [2.24, 2.45) is 0 Å². The minimum Gasteiger partial charge on any atom is -0.342 e. The van der Waals surface area contributed by atoms with E-state index in [1.807, 2.05) is 25.1 Å². The predicted molar refractivity (Wildman–Crippen MR) is 66.8 cm³/mol. The SMILES string of the molecule is Cc1cccc2[nH]c(C3CCS(=O)(=O)C3)nc12. The third-order valence-electron chi connectivity index (χ3n) is 3.35. The molecule has 17 heavy (non-hydrogen) atoms. The molecular formula is C12H14N2O2S. The van der Waals surface area contributed by atoms with Crippen LogP contribution >= 0.6 is 0 Å². The number of fused-ring (bicyclic) bond motifs is 1. The predicted octanol–water partition coefficient (Wildman–Crippen LogP) is 1.77. The highest BCUT2D eigenvalue weighted by Gasteiger charge is 2.31. The number of aromatic amines is 1. The molecule has 0 bridgehead atoms. The van der Waals surface area contributed by atoms with Crippen molar-refractivity contribution in [2.45, 2.75) is 19.3 Å². The average molecular weight is 250 g/mol. The highest BCUT2D eigenvalue weighted by molar-refractivity contribution is 7.91. The summed E-state index contributed by atoms with van der Waals surface area (Å²) in [4.78, 5) is 7.78. The molecule has 2 heterocycles. The van der Waals surface area contributed by atoms with Crippen LogP contribution in [-0.2, 0) is 9.84 Å². The number of nitrogens with zero attached hydrogens (tertiary/aromatic N) is 1. The van der Waals surface area contributed by atoms with Gasteiger partial charge in [0.1, 0.15) is 5.82 Å². The lowest BCUT2D eigenvalue weighted by molar-refractivity contribution is 0.601. The molecular weight excluding hydrogens is 236 g/mol. The number of aryl methyl sites for hydroxylation is 1. The van der Waals surface area contributed by atoms with Crippen molar-refractivity contribution in [3.05, 3.63) is 29.6 Å². The summed E-state index contributed by atoms with van der Waals surface area (Å²) < 4.78 is 22.9. The second kappa shape index (κ2) is 3.57. The van der Waals surface area contributed by atoms with E-state index in [1.165, 1.54) is 0 Å². The lowest BCUT2D eigenvalue weighted by Crippen LogP contribution is -2.04. The van der Waals surface area contributed by atoms with Crippen LogP contribution in [0.15, 0.2) is 18.2 Å². The van der Waals surface area contributed by atoms with Gasteiger partial charge in [-0.1, -0.05) is 12.1 Å². The Labute approximate surface area is 100.0 Å². The van der Waals surface area contributed by atoms with Gasteiger partial charge >= 0.3 is 0 Å². The molecule has 1 aliphatic heterocycles. The van der Waals surface area contributed by atoms with Crippen LogP contribution in [0, 0.1) is 6.92 Å². The van der Waals surface area contributed by atoms with Crippen LogP contribution < -0.4 is 0 Å². The fourth-order valence-electron chi connectivity index (χ4n) is 2.40. The maximum Gasteiger partial charge on any atom is 0.151 e. The van der Waals surface area contributed by atoms with E-state index in [0.29, 0.717) is 6.42 Å². The Morgan fingerprint density at radius 1 is 1.41 bits per heavy atom. The van der Waals surface area contributed by atoms with Crippen molar-refractivity contribution >= 4 is 20.9 Å². The van der Waals surface area contributed by atoms with Gasteiger partial charge in [-0.05, 0) is 25.0 Å². The number of sulfone groups is 1. The molecule has 0 amide bonds. The van der Waals surface area contributed by atoms with E-state index in [1.54, 1.807) is 0 Å². The van der Waals surface area contributed by atoms with E-state index >= 15 is 0 Å². The minimum atomic E-state index is -2.85. The van der Waals surface area contributed by atoms with E-state index in [0.717, 1.165) is 22.4 Å². The van der Waals surface area contributed by atoms with Crippen LogP contribution in [0.1, 0.15) is 23.7 Å². The molecule has 2 aromatic rings. The lowest BCUT2D eigenvalue weighted by atomic mass is 10.1.